The Balaban J connectivity index is 1.72. The fraction of sp³-hybridized carbons (Fsp3) is 0.371. The normalized spacial score (nSPS) is 19.1. The Labute approximate surface area is 280 Å². The molecule has 0 radical (unpaired) electrons. The minimum Gasteiger partial charge on any atom is -0.490 e. The lowest BCUT2D eigenvalue weighted by atomic mass is 9.97. The van der Waals surface area contributed by atoms with E-state index in [2.05, 4.69) is 21.5 Å². The minimum atomic E-state index is -1.52. The lowest BCUT2D eigenvalue weighted by Crippen LogP contribution is -2.54. The zero-order chi connectivity index (χ0) is 35.1. The molecule has 12 nitrogen and oxygen atoms in total. The van der Waals surface area contributed by atoms with Crippen LogP contribution in [-0.4, -0.2) is 79.8 Å². The number of hydrogen-bond acceptors (Lipinski definition) is 10. The highest BCUT2D eigenvalue weighted by Crippen LogP contribution is 2.40. The summed E-state index contributed by atoms with van der Waals surface area (Å²) in [5.74, 6) is -2.95. The number of aliphatic hydroxyl groups excluding tert-OH is 1. The molecule has 49 heavy (non-hydrogen) atoms. The zero-order valence-electron chi connectivity index (χ0n) is 27.5. The van der Waals surface area contributed by atoms with Gasteiger partial charge in [0.15, 0.2) is 17.6 Å². The van der Waals surface area contributed by atoms with E-state index >= 15 is 8.78 Å². The number of rotatable bonds is 5. The molecule has 2 aliphatic heterocycles. The number of aliphatic hydroxyl groups is 1. The quantitative estimate of drug-likeness (QED) is 0.242. The molecule has 0 aliphatic carbocycles. The predicted octanol–water partition coefficient (Wildman–Crippen LogP) is 4.22. The van der Waals surface area contributed by atoms with Gasteiger partial charge in [0.25, 0.3) is 0 Å². The third kappa shape index (κ3) is 6.01. The van der Waals surface area contributed by atoms with Crippen molar-refractivity contribution in [2.75, 3.05) is 31.1 Å². The number of fused-ring (bicyclic) bond motifs is 5. The number of halogens is 2. The lowest BCUT2D eigenvalue weighted by Gasteiger charge is -2.40. The molecule has 2 aliphatic rings. The maximum absolute atomic E-state index is 16.3. The molecule has 4 aromatic rings. The van der Waals surface area contributed by atoms with E-state index in [0.29, 0.717) is 5.69 Å². The molecule has 256 valence electrons. The number of hydrogen-bond donors (Lipinski definition) is 1. The Kier molecular flexibility index (Phi) is 9.16. The summed E-state index contributed by atoms with van der Waals surface area (Å²) in [6.45, 7) is 11.0. The molecular weight excluding hydrogens is 638 g/mol. The van der Waals surface area contributed by atoms with Gasteiger partial charge in [0.2, 0.25) is 5.91 Å². The van der Waals surface area contributed by atoms with Gasteiger partial charge in [-0.25, -0.2) is 23.1 Å². The SMILES string of the molecule is C=CC(=O)N1CCN(c2nc(=O)n3c4nc(c(F)cc24)-c2c(F)cccc2OCC(O)C(OC(=O)CC)c2ccnc(C(C)C)c2-3)[C@@H](C)C1. The van der Waals surface area contributed by atoms with Crippen molar-refractivity contribution in [3.05, 3.63) is 82.6 Å². The van der Waals surface area contributed by atoms with Gasteiger partial charge < -0.3 is 24.4 Å². The zero-order valence-corrected chi connectivity index (χ0v) is 27.5. The van der Waals surface area contributed by atoms with Crippen LogP contribution in [0, 0.1) is 11.6 Å². The van der Waals surface area contributed by atoms with Crippen molar-refractivity contribution in [3.63, 3.8) is 0 Å². The molecule has 0 spiro atoms. The number of amides is 1. The molecule has 3 atom stereocenters. The maximum Gasteiger partial charge on any atom is 0.355 e. The van der Waals surface area contributed by atoms with Gasteiger partial charge in [-0.3, -0.25) is 14.6 Å². The van der Waals surface area contributed by atoms with Crippen LogP contribution in [0.2, 0.25) is 0 Å². The van der Waals surface area contributed by atoms with E-state index < -0.39 is 47.8 Å². The molecule has 2 bridgehead atoms. The number of aromatic nitrogens is 4. The Morgan fingerprint density at radius 2 is 1.96 bits per heavy atom. The second-order valence-electron chi connectivity index (χ2n) is 12.3. The summed E-state index contributed by atoms with van der Waals surface area (Å²) >= 11 is 0. The maximum atomic E-state index is 16.3. The molecule has 1 aromatic carbocycles. The van der Waals surface area contributed by atoms with Crippen LogP contribution in [-0.2, 0) is 14.3 Å². The summed E-state index contributed by atoms with van der Waals surface area (Å²) < 4.78 is 44.7. The van der Waals surface area contributed by atoms with E-state index in [9.17, 15) is 19.5 Å². The molecule has 6 rings (SSSR count). The highest BCUT2D eigenvalue weighted by atomic mass is 19.1. The number of pyridine rings is 2. The van der Waals surface area contributed by atoms with Gasteiger partial charge in [0.05, 0.1) is 22.3 Å². The highest BCUT2D eigenvalue weighted by Gasteiger charge is 2.35. The Morgan fingerprint density at radius 3 is 2.65 bits per heavy atom. The molecule has 1 N–H and O–H groups in total. The van der Waals surface area contributed by atoms with Crippen LogP contribution in [0.1, 0.15) is 57.4 Å². The summed E-state index contributed by atoms with van der Waals surface area (Å²) in [7, 11) is 0. The van der Waals surface area contributed by atoms with Crippen molar-refractivity contribution in [3.8, 4) is 22.7 Å². The van der Waals surface area contributed by atoms with Crippen molar-refractivity contribution in [2.45, 2.75) is 58.3 Å². The summed E-state index contributed by atoms with van der Waals surface area (Å²) in [5.41, 5.74) is -0.930. The van der Waals surface area contributed by atoms with Crippen LogP contribution < -0.4 is 15.3 Å². The van der Waals surface area contributed by atoms with E-state index in [-0.39, 0.29) is 83.3 Å². The van der Waals surface area contributed by atoms with Crippen LogP contribution in [0.5, 0.6) is 5.75 Å². The van der Waals surface area contributed by atoms with Crippen molar-refractivity contribution in [1.29, 1.82) is 0 Å². The van der Waals surface area contributed by atoms with Gasteiger partial charge in [0, 0.05) is 43.9 Å². The van der Waals surface area contributed by atoms with E-state index in [1.54, 1.807) is 16.7 Å². The van der Waals surface area contributed by atoms with Crippen molar-refractivity contribution < 1.29 is 33.0 Å². The van der Waals surface area contributed by atoms with Crippen molar-refractivity contribution >= 4 is 28.7 Å². The number of anilines is 1. The Bertz CT molecular complexity index is 2030. The Hall–Kier alpha value is -5.24. The van der Waals surface area contributed by atoms with Gasteiger partial charge >= 0.3 is 11.7 Å². The van der Waals surface area contributed by atoms with Crippen LogP contribution in [0.15, 0.2) is 54.0 Å². The minimum absolute atomic E-state index is 0.0112. The summed E-state index contributed by atoms with van der Waals surface area (Å²) in [6, 6.07) is 6.21. The third-order valence-electron chi connectivity index (χ3n) is 8.77. The van der Waals surface area contributed by atoms with E-state index in [1.165, 1.54) is 30.5 Å². The van der Waals surface area contributed by atoms with E-state index in [0.717, 1.165) is 16.7 Å². The number of nitrogens with zero attached hydrogens (tertiary/aromatic N) is 6. The van der Waals surface area contributed by atoms with Crippen molar-refractivity contribution in [1.82, 2.24) is 24.4 Å². The third-order valence-corrected chi connectivity index (χ3v) is 8.77. The molecule has 1 amide bonds. The average Bonchev–Trinajstić information content (AvgIpc) is 3.08. The van der Waals surface area contributed by atoms with Gasteiger partial charge in [-0.05, 0) is 43.2 Å². The topological polar surface area (TPSA) is 140 Å². The first-order valence-electron chi connectivity index (χ1n) is 16.0. The molecule has 5 heterocycles. The molecule has 0 saturated carbocycles. The van der Waals surface area contributed by atoms with Crippen LogP contribution in [0.3, 0.4) is 0 Å². The van der Waals surface area contributed by atoms with Gasteiger partial charge in [-0.2, -0.15) is 4.98 Å². The first kappa shape index (κ1) is 33.7. The van der Waals surface area contributed by atoms with Gasteiger partial charge in [0.1, 0.15) is 35.8 Å². The molecule has 3 aromatic heterocycles. The van der Waals surface area contributed by atoms with Crippen LogP contribution in [0.25, 0.3) is 28.0 Å². The van der Waals surface area contributed by atoms with E-state index in [4.69, 9.17) is 9.47 Å². The number of esters is 1. The number of ether oxygens (including phenoxy) is 2. The number of benzene rings is 1. The largest absolute Gasteiger partial charge is 0.490 e. The fourth-order valence-corrected chi connectivity index (χ4v) is 6.38. The van der Waals surface area contributed by atoms with Crippen molar-refractivity contribution in [2.24, 2.45) is 0 Å². The predicted molar refractivity (Wildman–Crippen MR) is 177 cm³/mol. The second kappa shape index (κ2) is 13.3. The Morgan fingerprint density at radius 1 is 1.18 bits per heavy atom. The average molecular weight is 675 g/mol. The van der Waals surface area contributed by atoms with Crippen LogP contribution in [0.4, 0.5) is 14.6 Å². The fourth-order valence-electron chi connectivity index (χ4n) is 6.38. The summed E-state index contributed by atoms with van der Waals surface area (Å²) in [6.07, 6.45) is -0.186. The van der Waals surface area contributed by atoms with Crippen LogP contribution >= 0.6 is 0 Å². The first-order valence-corrected chi connectivity index (χ1v) is 16.0. The second-order valence-corrected chi connectivity index (χ2v) is 12.3. The lowest BCUT2D eigenvalue weighted by molar-refractivity contribution is -0.156. The summed E-state index contributed by atoms with van der Waals surface area (Å²) in [4.78, 5) is 56.6. The highest BCUT2D eigenvalue weighted by molar-refractivity contribution is 5.91. The van der Waals surface area contributed by atoms with Gasteiger partial charge in [-0.1, -0.05) is 33.4 Å². The molecular formula is C35H36F2N6O6. The standard InChI is InChI=1S/C35H36F2N6O6/c1-6-26(45)41-13-14-42(19(5)16-41)33-21-15-23(37)30-28-22(36)9-8-10-25(28)48-17-24(44)32(49-27(46)7-2)20-11-12-38-29(18(3)4)31(20)43(34(21)39-30)35(47)40-33/h6,8-12,15,18-19,24,32,44H,1,7,13-14,16-17H2,2-5H3/t19-,24?,32?/m0/s1. The molecule has 2 unspecified atom stereocenters. The molecule has 1 saturated heterocycles. The van der Waals surface area contributed by atoms with Gasteiger partial charge in [-0.15, -0.1) is 0 Å². The smallest absolute Gasteiger partial charge is 0.355 e. The summed E-state index contributed by atoms with van der Waals surface area (Å²) in [5, 5.41) is 11.6. The first-order chi connectivity index (χ1) is 23.4. The molecule has 14 heteroatoms. The molecule has 1 fully saturated rings. The number of carbonyl (C=O) groups is 2. The number of piperazine rings is 1. The monoisotopic (exact) mass is 674 g/mol. The number of carbonyl (C=O) groups excluding carboxylic acids is 2. The van der Waals surface area contributed by atoms with E-state index in [1.807, 2.05) is 20.8 Å².